The lowest BCUT2D eigenvalue weighted by Crippen LogP contribution is -2.14. The highest BCUT2D eigenvalue weighted by molar-refractivity contribution is 7.99. The molecule has 5 aromatic rings. The van der Waals surface area contributed by atoms with Crippen molar-refractivity contribution in [2.75, 3.05) is 11.1 Å². The summed E-state index contributed by atoms with van der Waals surface area (Å²) >= 11 is 14.6. The van der Waals surface area contributed by atoms with Crippen molar-refractivity contribution in [2.45, 2.75) is 11.6 Å². The number of nitrogens with zero attached hydrogens (tertiary/aromatic N) is 4. The van der Waals surface area contributed by atoms with Crippen molar-refractivity contribution in [1.29, 1.82) is 0 Å². The molecule has 7 nitrogen and oxygen atoms in total. The average molecular weight is 560 g/mol. The second-order valence-corrected chi connectivity index (χ2v) is 10.4. The van der Waals surface area contributed by atoms with E-state index >= 15 is 0 Å². The molecule has 36 heavy (non-hydrogen) atoms. The first-order valence-corrected chi connectivity index (χ1v) is 13.1. The second kappa shape index (κ2) is 10.8. The van der Waals surface area contributed by atoms with Crippen LogP contribution < -0.4 is 5.32 Å². The molecule has 0 spiro atoms. The Balaban J connectivity index is 1.26. The number of benzene rings is 2. The van der Waals surface area contributed by atoms with Gasteiger partial charge >= 0.3 is 0 Å². The molecule has 2 aromatic carbocycles. The molecule has 5 rings (SSSR count). The highest BCUT2D eigenvalue weighted by Crippen LogP contribution is 2.29. The number of halogens is 3. The van der Waals surface area contributed by atoms with E-state index in [-0.39, 0.29) is 17.5 Å². The average Bonchev–Trinajstić information content (AvgIpc) is 3.62. The number of carbonyl (C=O) groups excluding carboxylic acids is 1. The summed E-state index contributed by atoms with van der Waals surface area (Å²) in [4.78, 5) is 17.9. The van der Waals surface area contributed by atoms with Crippen LogP contribution in [0.2, 0.25) is 10.0 Å². The van der Waals surface area contributed by atoms with Crippen LogP contribution in [0.25, 0.3) is 17.3 Å². The van der Waals surface area contributed by atoms with Crippen LogP contribution in [0.4, 0.5) is 9.52 Å². The Morgan fingerprint density at radius 3 is 2.69 bits per heavy atom. The fraction of sp³-hybridized carbons (Fsp3) is 0.0833. The SMILES string of the molecule is O=C(CSc1nnc(-c2ccco2)n1-c1ccc(F)cc1)Nc1ncc(Cc2ccc(Cl)c(Cl)c2)s1. The van der Waals surface area contributed by atoms with E-state index in [0.717, 1.165) is 10.4 Å². The number of thiazole rings is 1. The van der Waals surface area contributed by atoms with Crippen molar-refractivity contribution in [3.63, 3.8) is 0 Å². The Morgan fingerprint density at radius 2 is 1.94 bits per heavy atom. The van der Waals surface area contributed by atoms with Gasteiger partial charge in [0.25, 0.3) is 0 Å². The summed E-state index contributed by atoms with van der Waals surface area (Å²) in [6.45, 7) is 0. The highest BCUT2D eigenvalue weighted by Gasteiger charge is 2.19. The van der Waals surface area contributed by atoms with Crippen LogP contribution in [0.1, 0.15) is 10.4 Å². The fourth-order valence-corrected chi connectivity index (χ4v) is 5.27. The van der Waals surface area contributed by atoms with Gasteiger partial charge in [-0.2, -0.15) is 0 Å². The topological polar surface area (TPSA) is 85.8 Å². The Morgan fingerprint density at radius 1 is 1.11 bits per heavy atom. The summed E-state index contributed by atoms with van der Waals surface area (Å²) in [5.74, 6) is 0.409. The number of rotatable bonds is 8. The Hall–Kier alpha value is -3.18. The van der Waals surface area contributed by atoms with Crippen LogP contribution >= 0.6 is 46.3 Å². The maximum absolute atomic E-state index is 13.5. The molecule has 3 aromatic heterocycles. The Kier molecular flexibility index (Phi) is 7.38. The van der Waals surface area contributed by atoms with Crippen molar-refractivity contribution >= 4 is 57.3 Å². The van der Waals surface area contributed by atoms with Crippen molar-refractivity contribution in [2.24, 2.45) is 0 Å². The third-order valence-electron chi connectivity index (χ3n) is 4.95. The van der Waals surface area contributed by atoms with Gasteiger partial charge in [0.1, 0.15) is 5.82 Å². The summed E-state index contributed by atoms with van der Waals surface area (Å²) in [5.41, 5.74) is 1.64. The second-order valence-electron chi connectivity index (χ2n) is 7.49. The van der Waals surface area contributed by atoms with Gasteiger partial charge in [0.2, 0.25) is 11.7 Å². The van der Waals surface area contributed by atoms with Crippen molar-refractivity contribution in [1.82, 2.24) is 19.7 Å². The van der Waals surface area contributed by atoms with Crippen molar-refractivity contribution in [3.8, 4) is 17.3 Å². The number of hydrogen-bond acceptors (Lipinski definition) is 7. The maximum atomic E-state index is 13.5. The van der Waals surface area contributed by atoms with E-state index < -0.39 is 0 Å². The first kappa shape index (κ1) is 24.5. The van der Waals surface area contributed by atoms with Gasteiger partial charge in [-0.25, -0.2) is 9.37 Å². The molecule has 0 unspecified atom stereocenters. The van der Waals surface area contributed by atoms with Crippen molar-refractivity contribution < 1.29 is 13.6 Å². The van der Waals surface area contributed by atoms with Gasteiger partial charge in [-0.05, 0) is 54.1 Å². The van der Waals surface area contributed by atoms with Crippen LogP contribution in [0.3, 0.4) is 0 Å². The number of aromatic nitrogens is 4. The van der Waals surface area contributed by atoms with Crippen LogP contribution in [0, 0.1) is 5.82 Å². The molecule has 0 aliphatic rings. The smallest absolute Gasteiger partial charge is 0.236 e. The molecule has 0 saturated carbocycles. The zero-order chi connectivity index (χ0) is 25.1. The summed E-state index contributed by atoms with van der Waals surface area (Å²) in [5, 5.41) is 13.2. The molecule has 0 aliphatic heterocycles. The van der Waals surface area contributed by atoms with E-state index in [0.29, 0.717) is 44.0 Å². The predicted octanol–water partition coefficient (Wildman–Crippen LogP) is 6.75. The number of thioether (sulfide) groups is 1. The minimum absolute atomic E-state index is 0.0686. The zero-order valence-electron chi connectivity index (χ0n) is 18.3. The highest BCUT2D eigenvalue weighted by atomic mass is 35.5. The third kappa shape index (κ3) is 5.62. The molecular formula is C24H16Cl2FN5O2S2. The molecule has 0 aliphatic carbocycles. The molecule has 3 heterocycles. The lowest BCUT2D eigenvalue weighted by molar-refractivity contribution is -0.113. The fourth-order valence-electron chi connectivity index (χ4n) is 3.33. The van der Waals surface area contributed by atoms with E-state index in [1.165, 1.54) is 41.5 Å². The monoisotopic (exact) mass is 559 g/mol. The molecule has 182 valence electrons. The van der Waals surface area contributed by atoms with Gasteiger partial charge < -0.3 is 9.73 Å². The Bertz CT molecular complexity index is 1500. The van der Waals surface area contributed by atoms with Gasteiger partial charge in [0, 0.05) is 17.5 Å². The molecule has 1 N–H and O–H groups in total. The van der Waals surface area contributed by atoms with Crippen LogP contribution in [0.5, 0.6) is 0 Å². The van der Waals surface area contributed by atoms with Crippen LogP contribution in [-0.4, -0.2) is 31.4 Å². The van der Waals surface area contributed by atoms with Crippen molar-refractivity contribution in [3.05, 3.63) is 93.4 Å². The Labute approximate surface area is 223 Å². The van der Waals surface area contributed by atoms with Gasteiger partial charge in [-0.1, -0.05) is 41.0 Å². The summed E-state index contributed by atoms with van der Waals surface area (Å²) < 4.78 is 20.7. The quantitative estimate of drug-likeness (QED) is 0.211. The normalized spacial score (nSPS) is 11.1. The molecule has 0 saturated heterocycles. The minimum atomic E-state index is -0.359. The van der Waals surface area contributed by atoms with E-state index in [2.05, 4.69) is 20.5 Å². The molecule has 0 bridgehead atoms. The lowest BCUT2D eigenvalue weighted by Gasteiger charge is -2.09. The van der Waals surface area contributed by atoms with E-state index in [1.807, 2.05) is 12.1 Å². The molecule has 12 heteroatoms. The maximum Gasteiger partial charge on any atom is 0.236 e. The summed E-state index contributed by atoms with van der Waals surface area (Å²) in [7, 11) is 0. The molecule has 0 atom stereocenters. The van der Waals surface area contributed by atoms with E-state index in [4.69, 9.17) is 27.6 Å². The van der Waals surface area contributed by atoms with Crippen LogP contribution in [0.15, 0.2) is 76.6 Å². The van der Waals surface area contributed by atoms with E-state index in [9.17, 15) is 9.18 Å². The minimum Gasteiger partial charge on any atom is -0.461 e. The van der Waals surface area contributed by atoms with Gasteiger partial charge in [0.05, 0.1) is 27.7 Å². The molecular weight excluding hydrogens is 544 g/mol. The van der Waals surface area contributed by atoms with Gasteiger partial charge in [0.15, 0.2) is 16.0 Å². The first-order chi connectivity index (χ1) is 17.5. The largest absolute Gasteiger partial charge is 0.461 e. The predicted molar refractivity (Wildman–Crippen MR) is 140 cm³/mol. The summed E-state index contributed by atoms with van der Waals surface area (Å²) in [6, 6.07) is 14.9. The number of carbonyl (C=O) groups is 1. The lowest BCUT2D eigenvalue weighted by atomic mass is 10.1. The molecule has 0 fully saturated rings. The number of hydrogen-bond donors (Lipinski definition) is 1. The van der Waals surface area contributed by atoms with E-state index in [1.54, 1.807) is 41.1 Å². The number of anilines is 1. The third-order valence-corrected chi connectivity index (χ3v) is 7.54. The number of amides is 1. The number of furan rings is 1. The summed E-state index contributed by atoms with van der Waals surface area (Å²) in [6.07, 6.45) is 3.87. The molecule has 0 radical (unpaired) electrons. The van der Waals surface area contributed by atoms with Gasteiger partial charge in [-0.3, -0.25) is 9.36 Å². The van der Waals surface area contributed by atoms with Gasteiger partial charge in [-0.15, -0.1) is 21.5 Å². The zero-order valence-corrected chi connectivity index (χ0v) is 21.5. The van der Waals surface area contributed by atoms with Crippen LogP contribution in [-0.2, 0) is 11.2 Å². The standard InChI is InChI=1S/C24H16Cl2FN5O2S2/c25-18-8-3-14(11-19(18)26)10-17-12-28-23(36-17)29-21(33)13-35-24-31-30-22(20-2-1-9-34-20)32(24)16-6-4-15(27)5-7-16/h1-9,11-12H,10,13H2,(H,28,29,33). The number of nitrogens with one attached hydrogen (secondary N) is 1. The molecule has 1 amide bonds. The first-order valence-electron chi connectivity index (χ1n) is 10.5.